The topological polar surface area (TPSA) is 73.2 Å². The Balaban J connectivity index is 1.99. The Morgan fingerprint density at radius 1 is 1.28 bits per heavy atom. The Morgan fingerprint density at radius 3 is 2.60 bits per heavy atom. The van der Waals surface area contributed by atoms with E-state index in [1.54, 1.807) is 24.3 Å². The molecule has 1 N–H and O–H groups in total. The van der Waals surface area contributed by atoms with Gasteiger partial charge in [-0.15, -0.1) is 0 Å². The van der Waals surface area contributed by atoms with Crippen molar-refractivity contribution in [3.8, 4) is 5.69 Å². The molecule has 1 aromatic carbocycles. The summed E-state index contributed by atoms with van der Waals surface area (Å²) in [5.74, 6) is -0.189. The molecular formula is C17H19Cl2N3O3. The molecule has 0 atom stereocenters. The molecule has 0 aliphatic rings. The minimum Gasteiger partial charge on any atom is -0.379 e. The summed E-state index contributed by atoms with van der Waals surface area (Å²) in [4.78, 5) is 24.1. The number of halogens is 2. The molecule has 0 saturated carbocycles. The number of amides is 1. The van der Waals surface area contributed by atoms with Crippen molar-refractivity contribution in [2.24, 2.45) is 0 Å². The van der Waals surface area contributed by atoms with E-state index in [-0.39, 0.29) is 22.1 Å². The summed E-state index contributed by atoms with van der Waals surface area (Å²) >= 11 is 11.6. The standard InChI is InChI=1S/C17H19Cl2N3O3/c1-11(2)25-9-3-8-20-16(23)12-4-6-13(7-5-12)22-17(24)15(19)14(18)10-21-22/h4-7,10-11H,3,8-9H2,1-2H3,(H,20,23). The Bertz CT molecular complexity index is 789. The van der Waals surface area contributed by atoms with Gasteiger partial charge in [0.2, 0.25) is 0 Å². The summed E-state index contributed by atoms with van der Waals surface area (Å²) in [5.41, 5.74) is 0.462. The lowest BCUT2D eigenvalue weighted by atomic mass is 10.2. The van der Waals surface area contributed by atoms with Crippen LogP contribution in [0.4, 0.5) is 0 Å². The van der Waals surface area contributed by atoms with Gasteiger partial charge in [-0.1, -0.05) is 23.2 Å². The average molecular weight is 384 g/mol. The predicted molar refractivity (Wildman–Crippen MR) is 97.9 cm³/mol. The lowest BCUT2D eigenvalue weighted by molar-refractivity contribution is 0.0757. The van der Waals surface area contributed by atoms with Gasteiger partial charge in [0.05, 0.1) is 23.0 Å². The van der Waals surface area contributed by atoms with Crippen LogP contribution in [0.15, 0.2) is 35.3 Å². The van der Waals surface area contributed by atoms with E-state index in [0.29, 0.717) is 24.4 Å². The number of aromatic nitrogens is 2. The second-order valence-electron chi connectivity index (χ2n) is 5.60. The second kappa shape index (κ2) is 8.99. The minimum absolute atomic E-state index is 0.0953. The van der Waals surface area contributed by atoms with Crippen LogP contribution in [0, 0.1) is 0 Å². The molecule has 1 aromatic heterocycles. The molecule has 1 heterocycles. The van der Waals surface area contributed by atoms with Crippen molar-refractivity contribution < 1.29 is 9.53 Å². The van der Waals surface area contributed by atoms with Gasteiger partial charge >= 0.3 is 0 Å². The molecule has 0 radical (unpaired) electrons. The van der Waals surface area contributed by atoms with Gasteiger partial charge in [0.1, 0.15) is 5.02 Å². The van der Waals surface area contributed by atoms with Gasteiger partial charge in [0.25, 0.3) is 11.5 Å². The molecule has 0 aliphatic heterocycles. The highest BCUT2D eigenvalue weighted by molar-refractivity contribution is 6.41. The second-order valence-corrected chi connectivity index (χ2v) is 6.38. The van der Waals surface area contributed by atoms with E-state index >= 15 is 0 Å². The van der Waals surface area contributed by atoms with Crippen molar-refractivity contribution in [2.45, 2.75) is 26.4 Å². The van der Waals surface area contributed by atoms with Crippen LogP contribution in [0.25, 0.3) is 5.69 Å². The number of benzene rings is 1. The van der Waals surface area contributed by atoms with Gasteiger partial charge in [-0.25, -0.2) is 0 Å². The molecule has 0 spiro atoms. The molecule has 25 heavy (non-hydrogen) atoms. The van der Waals surface area contributed by atoms with E-state index in [9.17, 15) is 9.59 Å². The number of nitrogens with one attached hydrogen (secondary N) is 1. The van der Waals surface area contributed by atoms with Gasteiger partial charge in [-0.3, -0.25) is 9.59 Å². The molecule has 2 aromatic rings. The van der Waals surface area contributed by atoms with Gasteiger partial charge in [-0.05, 0) is 44.5 Å². The van der Waals surface area contributed by atoms with Crippen LogP contribution in [0.3, 0.4) is 0 Å². The number of hydrogen-bond donors (Lipinski definition) is 1. The molecule has 1 amide bonds. The first kappa shape index (κ1) is 19.4. The first-order chi connectivity index (χ1) is 11.9. The van der Waals surface area contributed by atoms with Crippen molar-refractivity contribution >= 4 is 29.1 Å². The molecule has 8 heteroatoms. The van der Waals surface area contributed by atoms with Crippen LogP contribution >= 0.6 is 23.2 Å². The predicted octanol–water partition coefficient (Wildman–Crippen LogP) is 3.08. The fraction of sp³-hybridized carbons (Fsp3) is 0.353. The SMILES string of the molecule is CC(C)OCCCNC(=O)c1ccc(-n2ncc(Cl)c(Cl)c2=O)cc1. The van der Waals surface area contributed by atoms with Crippen LogP contribution in [-0.4, -0.2) is 34.9 Å². The Kier molecular flexibility index (Phi) is 6.99. The highest BCUT2D eigenvalue weighted by atomic mass is 35.5. The van der Waals surface area contributed by atoms with Crippen LogP contribution in [-0.2, 0) is 4.74 Å². The Morgan fingerprint density at radius 2 is 1.96 bits per heavy atom. The quantitative estimate of drug-likeness (QED) is 0.745. The summed E-state index contributed by atoms with van der Waals surface area (Å²) in [7, 11) is 0. The van der Waals surface area contributed by atoms with Crippen LogP contribution in [0.1, 0.15) is 30.6 Å². The number of rotatable bonds is 7. The third kappa shape index (κ3) is 5.29. The Hall–Kier alpha value is -1.89. The van der Waals surface area contributed by atoms with Crippen molar-refractivity contribution in [1.82, 2.24) is 15.1 Å². The maximum Gasteiger partial charge on any atom is 0.291 e. The van der Waals surface area contributed by atoms with Gasteiger partial charge in [0, 0.05) is 18.7 Å². The van der Waals surface area contributed by atoms with E-state index in [2.05, 4.69) is 10.4 Å². The molecule has 0 fully saturated rings. The lowest BCUT2D eigenvalue weighted by Gasteiger charge is -2.09. The van der Waals surface area contributed by atoms with Crippen molar-refractivity contribution in [3.63, 3.8) is 0 Å². The van der Waals surface area contributed by atoms with Crippen LogP contribution < -0.4 is 10.9 Å². The number of carbonyl (C=O) groups excluding carboxylic acids is 1. The molecule has 134 valence electrons. The fourth-order valence-corrected chi connectivity index (χ4v) is 2.30. The summed E-state index contributed by atoms with van der Waals surface area (Å²) in [6, 6.07) is 6.47. The first-order valence-electron chi connectivity index (χ1n) is 7.83. The monoisotopic (exact) mass is 383 g/mol. The highest BCUT2D eigenvalue weighted by Crippen LogP contribution is 2.16. The zero-order valence-electron chi connectivity index (χ0n) is 14.0. The first-order valence-corrected chi connectivity index (χ1v) is 8.59. The molecule has 0 bridgehead atoms. The van der Waals surface area contributed by atoms with E-state index in [1.807, 2.05) is 13.8 Å². The zero-order valence-corrected chi connectivity index (χ0v) is 15.5. The van der Waals surface area contributed by atoms with Gasteiger partial charge in [-0.2, -0.15) is 9.78 Å². The maximum atomic E-state index is 12.1. The van der Waals surface area contributed by atoms with E-state index in [0.717, 1.165) is 11.1 Å². The minimum atomic E-state index is -0.517. The summed E-state index contributed by atoms with van der Waals surface area (Å²) in [6.45, 7) is 5.06. The highest BCUT2D eigenvalue weighted by Gasteiger charge is 2.10. The zero-order chi connectivity index (χ0) is 18.4. The van der Waals surface area contributed by atoms with Gasteiger partial charge in [0.15, 0.2) is 0 Å². The van der Waals surface area contributed by atoms with E-state index in [1.165, 1.54) is 6.20 Å². The third-order valence-electron chi connectivity index (χ3n) is 3.31. The number of nitrogens with zero attached hydrogens (tertiary/aromatic N) is 2. The molecule has 0 saturated heterocycles. The summed E-state index contributed by atoms with van der Waals surface area (Å²) in [6.07, 6.45) is 2.22. The third-order valence-corrected chi connectivity index (χ3v) is 4.06. The van der Waals surface area contributed by atoms with E-state index < -0.39 is 5.56 Å². The van der Waals surface area contributed by atoms with Crippen molar-refractivity contribution in [3.05, 3.63) is 56.4 Å². The molecule has 6 nitrogen and oxygen atoms in total. The largest absolute Gasteiger partial charge is 0.379 e. The van der Waals surface area contributed by atoms with Gasteiger partial charge < -0.3 is 10.1 Å². The molecule has 0 unspecified atom stereocenters. The fourth-order valence-electron chi connectivity index (χ4n) is 2.05. The lowest BCUT2D eigenvalue weighted by Crippen LogP contribution is -2.26. The number of hydrogen-bond acceptors (Lipinski definition) is 4. The number of ether oxygens (including phenoxy) is 1. The Labute approximate surface area is 155 Å². The molecule has 0 aliphatic carbocycles. The maximum absolute atomic E-state index is 12.1. The average Bonchev–Trinajstić information content (AvgIpc) is 2.59. The number of carbonyl (C=O) groups is 1. The molecule has 2 rings (SSSR count). The normalized spacial score (nSPS) is 10.9. The van der Waals surface area contributed by atoms with Crippen molar-refractivity contribution in [1.29, 1.82) is 0 Å². The molecular weight excluding hydrogens is 365 g/mol. The van der Waals surface area contributed by atoms with Crippen LogP contribution in [0.2, 0.25) is 10.0 Å². The van der Waals surface area contributed by atoms with Crippen molar-refractivity contribution in [2.75, 3.05) is 13.2 Å². The summed E-state index contributed by atoms with van der Waals surface area (Å²) in [5, 5.41) is 6.76. The van der Waals surface area contributed by atoms with E-state index in [4.69, 9.17) is 27.9 Å². The smallest absolute Gasteiger partial charge is 0.291 e. The van der Waals surface area contributed by atoms with Crippen LogP contribution in [0.5, 0.6) is 0 Å². The summed E-state index contributed by atoms with van der Waals surface area (Å²) < 4.78 is 6.54.